The third-order valence-electron chi connectivity index (χ3n) is 1.59. The Morgan fingerprint density at radius 3 is 2.53 bits per heavy atom. The summed E-state index contributed by atoms with van der Waals surface area (Å²) in [5.74, 6) is 5.88. The van der Waals surface area contributed by atoms with Crippen LogP contribution in [0.5, 0.6) is 5.75 Å². The standard InChI is InChI=1S/C10H10N2O3/c11-7-1-2-8-15-10-5-3-9(4-6-10)12(13)14/h3-6H,7-8,11H2. The van der Waals surface area contributed by atoms with Crippen LogP contribution in [0.25, 0.3) is 0 Å². The molecule has 1 rings (SSSR count). The molecule has 0 aliphatic rings. The Labute approximate surface area is 87.0 Å². The summed E-state index contributed by atoms with van der Waals surface area (Å²) >= 11 is 0. The van der Waals surface area contributed by atoms with Crippen LogP contribution in [0, 0.1) is 22.0 Å². The Balaban J connectivity index is 2.53. The number of nitro groups is 1. The van der Waals surface area contributed by atoms with Gasteiger partial charge in [0, 0.05) is 12.1 Å². The Bertz CT molecular complexity index is 389. The molecule has 0 fully saturated rings. The van der Waals surface area contributed by atoms with E-state index in [1.165, 1.54) is 24.3 Å². The minimum absolute atomic E-state index is 0.0374. The number of nitrogens with two attached hydrogens (primary N) is 1. The fourth-order valence-corrected chi connectivity index (χ4v) is 0.907. The maximum atomic E-state index is 10.3. The summed E-state index contributed by atoms with van der Waals surface area (Å²) < 4.78 is 5.19. The monoisotopic (exact) mass is 206 g/mol. The van der Waals surface area contributed by atoms with E-state index in [2.05, 4.69) is 11.8 Å². The molecular formula is C10H10N2O3. The third kappa shape index (κ3) is 3.67. The van der Waals surface area contributed by atoms with Gasteiger partial charge in [-0.3, -0.25) is 10.1 Å². The normalized spacial score (nSPS) is 8.87. The van der Waals surface area contributed by atoms with E-state index < -0.39 is 4.92 Å². The summed E-state index contributed by atoms with van der Waals surface area (Å²) in [6.07, 6.45) is 0. The lowest BCUT2D eigenvalue weighted by atomic mass is 10.3. The minimum Gasteiger partial charge on any atom is -0.481 e. The lowest BCUT2D eigenvalue weighted by molar-refractivity contribution is -0.384. The highest BCUT2D eigenvalue weighted by molar-refractivity contribution is 5.36. The minimum atomic E-state index is -0.460. The summed E-state index contributed by atoms with van der Waals surface area (Å²) in [5, 5.41) is 10.3. The van der Waals surface area contributed by atoms with E-state index in [4.69, 9.17) is 10.5 Å². The molecule has 0 radical (unpaired) electrons. The molecule has 5 heteroatoms. The van der Waals surface area contributed by atoms with Crippen molar-refractivity contribution in [3.8, 4) is 17.6 Å². The van der Waals surface area contributed by atoms with Crippen LogP contribution in [-0.4, -0.2) is 18.1 Å². The lowest BCUT2D eigenvalue weighted by Gasteiger charge is -2.00. The van der Waals surface area contributed by atoms with Crippen molar-refractivity contribution < 1.29 is 9.66 Å². The largest absolute Gasteiger partial charge is 0.481 e. The second kappa shape index (κ2) is 5.62. The van der Waals surface area contributed by atoms with Gasteiger partial charge in [0.05, 0.1) is 11.5 Å². The van der Waals surface area contributed by atoms with Gasteiger partial charge in [-0.1, -0.05) is 11.8 Å². The van der Waals surface area contributed by atoms with Gasteiger partial charge >= 0.3 is 0 Å². The number of nitro benzene ring substituents is 1. The SMILES string of the molecule is NCC#CCOc1ccc([N+](=O)[O-])cc1. The van der Waals surface area contributed by atoms with Gasteiger partial charge in [-0.15, -0.1) is 0 Å². The van der Waals surface area contributed by atoms with Crippen LogP contribution in [0.1, 0.15) is 0 Å². The van der Waals surface area contributed by atoms with E-state index in [1.807, 2.05) is 0 Å². The number of benzene rings is 1. The summed E-state index contributed by atoms with van der Waals surface area (Å²) in [6.45, 7) is 0.526. The summed E-state index contributed by atoms with van der Waals surface area (Å²) in [6, 6.07) is 5.82. The third-order valence-corrected chi connectivity index (χ3v) is 1.59. The molecule has 5 nitrogen and oxygen atoms in total. The molecule has 0 unspecified atom stereocenters. The molecule has 0 aliphatic heterocycles. The highest BCUT2D eigenvalue weighted by atomic mass is 16.6. The quantitative estimate of drug-likeness (QED) is 0.453. The van der Waals surface area contributed by atoms with Crippen LogP contribution in [0.3, 0.4) is 0 Å². The van der Waals surface area contributed by atoms with Gasteiger partial charge < -0.3 is 10.5 Å². The Kier molecular flexibility index (Phi) is 4.13. The van der Waals surface area contributed by atoms with Crippen molar-refractivity contribution in [1.82, 2.24) is 0 Å². The Morgan fingerprint density at radius 2 is 2.00 bits per heavy atom. The van der Waals surface area contributed by atoms with Crippen LogP contribution in [0.15, 0.2) is 24.3 Å². The second-order valence-corrected chi connectivity index (χ2v) is 2.60. The van der Waals surface area contributed by atoms with Crippen LogP contribution in [-0.2, 0) is 0 Å². The van der Waals surface area contributed by atoms with Gasteiger partial charge in [-0.25, -0.2) is 0 Å². The van der Waals surface area contributed by atoms with E-state index in [9.17, 15) is 10.1 Å². The smallest absolute Gasteiger partial charge is 0.269 e. The van der Waals surface area contributed by atoms with Crippen molar-refractivity contribution in [2.45, 2.75) is 0 Å². The molecule has 0 bridgehead atoms. The number of ether oxygens (including phenoxy) is 1. The molecule has 0 aliphatic carbocycles. The number of rotatable bonds is 3. The number of nitrogens with zero attached hydrogens (tertiary/aromatic N) is 1. The van der Waals surface area contributed by atoms with Crippen molar-refractivity contribution in [1.29, 1.82) is 0 Å². The molecule has 2 N–H and O–H groups in total. The van der Waals surface area contributed by atoms with Crippen molar-refractivity contribution in [3.63, 3.8) is 0 Å². The van der Waals surface area contributed by atoms with E-state index in [1.54, 1.807) is 0 Å². The first-order valence-electron chi connectivity index (χ1n) is 4.27. The number of non-ortho nitro benzene ring substituents is 1. The zero-order valence-electron chi connectivity index (χ0n) is 7.97. The molecule has 0 aromatic heterocycles. The molecule has 0 atom stereocenters. The predicted molar refractivity (Wildman–Crippen MR) is 55.4 cm³/mol. The maximum Gasteiger partial charge on any atom is 0.269 e. The topological polar surface area (TPSA) is 78.4 Å². The van der Waals surface area contributed by atoms with E-state index >= 15 is 0 Å². The van der Waals surface area contributed by atoms with Gasteiger partial charge in [-0.2, -0.15) is 0 Å². The zero-order valence-corrected chi connectivity index (χ0v) is 7.97. The molecule has 0 saturated carbocycles. The van der Waals surface area contributed by atoms with Crippen molar-refractivity contribution in [3.05, 3.63) is 34.4 Å². The lowest BCUT2D eigenvalue weighted by Crippen LogP contribution is -1.97. The second-order valence-electron chi connectivity index (χ2n) is 2.60. The van der Waals surface area contributed by atoms with Gasteiger partial charge in [0.25, 0.3) is 5.69 Å². The van der Waals surface area contributed by atoms with Crippen molar-refractivity contribution in [2.24, 2.45) is 5.73 Å². The summed E-state index contributed by atoms with van der Waals surface area (Å²) in [7, 11) is 0. The fraction of sp³-hybridized carbons (Fsp3) is 0.200. The number of hydrogen-bond donors (Lipinski definition) is 1. The van der Waals surface area contributed by atoms with Gasteiger partial charge in [-0.05, 0) is 12.1 Å². The average Bonchev–Trinajstić information content (AvgIpc) is 2.25. The average molecular weight is 206 g/mol. The molecule has 0 heterocycles. The van der Waals surface area contributed by atoms with Crippen LogP contribution >= 0.6 is 0 Å². The van der Waals surface area contributed by atoms with Gasteiger partial charge in [0.15, 0.2) is 0 Å². The molecule has 1 aromatic carbocycles. The van der Waals surface area contributed by atoms with E-state index in [0.717, 1.165) is 0 Å². The first kappa shape index (κ1) is 11.0. The highest BCUT2D eigenvalue weighted by Gasteiger charge is 2.03. The predicted octanol–water partition coefficient (Wildman–Crippen LogP) is 0.936. The summed E-state index contributed by atoms with van der Waals surface area (Å²) in [4.78, 5) is 9.88. The fourth-order valence-electron chi connectivity index (χ4n) is 0.907. The molecule has 15 heavy (non-hydrogen) atoms. The van der Waals surface area contributed by atoms with Crippen LogP contribution < -0.4 is 10.5 Å². The highest BCUT2D eigenvalue weighted by Crippen LogP contribution is 2.16. The Morgan fingerprint density at radius 1 is 1.33 bits per heavy atom. The number of hydrogen-bond acceptors (Lipinski definition) is 4. The molecule has 1 aromatic rings. The van der Waals surface area contributed by atoms with Crippen molar-refractivity contribution in [2.75, 3.05) is 13.2 Å². The zero-order chi connectivity index (χ0) is 11.1. The molecule has 78 valence electrons. The maximum absolute atomic E-state index is 10.3. The van der Waals surface area contributed by atoms with E-state index in [-0.39, 0.29) is 12.3 Å². The van der Waals surface area contributed by atoms with E-state index in [0.29, 0.717) is 12.3 Å². The summed E-state index contributed by atoms with van der Waals surface area (Å²) in [5.41, 5.74) is 5.19. The Hall–Kier alpha value is -2.06. The van der Waals surface area contributed by atoms with Crippen molar-refractivity contribution >= 4 is 5.69 Å². The first-order chi connectivity index (χ1) is 7.24. The van der Waals surface area contributed by atoms with Gasteiger partial charge in [0.2, 0.25) is 0 Å². The first-order valence-corrected chi connectivity index (χ1v) is 4.27. The molecule has 0 amide bonds. The van der Waals surface area contributed by atoms with Crippen LogP contribution in [0.4, 0.5) is 5.69 Å². The molecule has 0 spiro atoms. The van der Waals surface area contributed by atoms with Gasteiger partial charge in [0.1, 0.15) is 12.4 Å². The molecular weight excluding hydrogens is 196 g/mol. The van der Waals surface area contributed by atoms with Crippen LogP contribution in [0.2, 0.25) is 0 Å². The molecule has 0 saturated heterocycles.